The summed E-state index contributed by atoms with van der Waals surface area (Å²) in [6.45, 7) is 0.665. The lowest BCUT2D eigenvalue weighted by Crippen LogP contribution is -2.39. The van der Waals surface area contributed by atoms with Gasteiger partial charge in [0.2, 0.25) is 0 Å². The van der Waals surface area contributed by atoms with E-state index in [0.29, 0.717) is 17.3 Å². The molecular formula is C15H16FNO2S. The Kier molecular flexibility index (Phi) is 3.48. The van der Waals surface area contributed by atoms with Gasteiger partial charge < -0.3 is 10.0 Å². The molecule has 0 atom stereocenters. The van der Waals surface area contributed by atoms with Gasteiger partial charge in [0, 0.05) is 18.3 Å². The predicted molar refractivity (Wildman–Crippen MR) is 77.5 cm³/mol. The molecule has 1 amide bonds. The van der Waals surface area contributed by atoms with Crippen molar-refractivity contribution in [2.24, 2.45) is 5.92 Å². The molecule has 0 unspecified atom stereocenters. The minimum Gasteiger partial charge on any atom is -0.393 e. The topological polar surface area (TPSA) is 40.5 Å². The maximum Gasteiger partial charge on any atom is 0.263 e. The van der Waals surface area contributed by atoms with Crippen molar-refractivity contribution in [1.82, 2.24) is 4.90 Å². The molecule has 20 heavy (non-hydrogen) atoms. The van der Waals surface area contributed by atoms with Gasteiger partial charge in [0.05, 0.1) is 11.0 Å². The van der Waals surface area contributed by atoms with Gasteiger partial charge in [-0.25, -0.2) is 4.39 Å². The Labute approximate surface area is 120 Å². The first-order valence-corrected chi connectivity index (χ1v) is 7.47. The average molecular weight is 293 g/mol. The molecule has 1 aromatic carbocycles. The molecule has 1 fully saturated rings. The molecule has 0 aliphatic heterocycles. The van der Waals surface area contributed by atoms with Crippen molar-refractivity contribution in [3.63, 3.8) is 0 Å². The van der Waals surface area contributed by atoms with Crippen LogP contribution in [-0.4, -0.2) is 35.6 Å². The molecule has 5 heteroatoms. The highest BCUT2D eigenvalue weighted by molar-refractivity contribution is 7.20. The monoisotopic (exact) mass is 293 g/mol. The second kappa shape index (κ2) is 5.14. The zero-order valence-electron chi connectivity index (χ0n) is 11.2. The largest absolute Gasteiger partial charge is 0.393 e. The van der Waals surface area contributed by atoms with E-state index < -0.39 is 0 Å². The summed E-state index contributed by atoms with van der Waals surface area (Å²) in [6.07, 6.45) is 1.35. The molecule has 1 aliphatic carbocycles. The molecule has 1 heterocycles. The normalized spacial score (nSPS) is 21.8. The van der Waals surface area contributed by atoms with Crippen LogP contribution in [0.3, 0.4) is 0 Å². The van der Waals surface area contributed by atoms with Crippen LogP contribution in [0, 0.1) is 11.7 Å². The van der Waals surface area contributed by atoms with Crippen LogP contribution in [0.25, 0.3) is 10.1 Å². The number of aliphatic hydroxyl groups excluding tert-OH is 1. The van der Waals surface area contributed by atoms with Crippen LogP contribution in [0.2, 0.25) is 0 Å². The Morgan fingerprint density at radius 2 is 2.20 bits per heavy atom. The Morgan fingerprint density at radius 1 is 1.45 bits per heavy atom. The fourth-order valence-corrected chi connectivity index (χ4v) is 3.67. The summed E-state index contributed by atoms with van der Waals surface area (Å²) < 4.78 is 14.1. The standard InChI is InChI=1S/C15H16FNO2S/c1-17(8-9-4-12(18)5-9)15(19)14-7-10-6-11(16)2-3-13(10)20-14/h2-3,6-7,9,12,18H,4-5,8H2,1H3. The lowest BCUT2D eigenvalue weighted by Gasteiger charge is -2.34. The number of hydrogen-bond donors (Lipinski definition) is 1. The molecule has 0 spiro atoms. The molecule has 1 aliphatic rings. The SMILES string of the molecule is CN(CC1CC(O)C1)C(=O)c1cc2cc(F)ccc2s1. The highest BCUT2D eigenvalue weighted by Gasteiger charge is 2.29. The number of benzene rings is 1. The van der Waals surface area contributed by atoms with Crippen LogP contribution >= 0.6 is 11.3 Å². The average Bonchev–Trinajstić information content (AvgIpc) is 2.78. The Bertz CT molecular complexity index is 648. The van der Waals surface area contributed by atoms with Gasteiger partial charge in [-0.2, -0.15) is 0 Å². The van der Waals surface area contributed by atoms with E-state index in [0.717, 1.165) is 22.9 Å². The summed E-state index contributed by atoms with van der Waals surface area (Å²) in [4.78, 5) is 14.7. The molecule has 0 radical (unpaired) electrons. The Balaban J connectivity index is 1.74. The predicted octanol–water partition coefficient (Wildman–Crippen LogP) is 2.88. The van der Waals surface area contributed by atoms with E-state index in [1.807, 2.05) is 0 Å². The Hall–Kier alpha value is -1.46. The number of nitrogens with zero attached hydrogens (tertiary/aromatic N) is 1. The van der Waals surface area contributed by atoms with E-state index in [9.17, 15) is 14.3 Å². The van der Waals surface area contributed by atoms with Crippen LogP contribution in [0.1, 0.15) is 22.5 Å². The molecule has 1 saturated carbocycles. The van der Waals surface area contributed by atoms with Crippen molar-refractivity contribution in [2.75, 3.05) is 13.6 Å². The smallest absolute Gasteiger partial charge is 0.263 e. The van der Waals surface area contributed by atoms with Gasteiger partial charge in [-0.1, -0.05) is 0 Å². The fraction of sp³-hybridized carbons (Fsp3) is 0.400. The van der Waals surface area contributed by atoms with E-state index in [-0.39, 0.29) is 17.8 Å². The second-order valence-corrected chi connectivity index (χ2v) is 6.55. The lowest BCUT2D eigenvalue weighted by molar-refractivity contribution is 0.0266. The van der Waals surface area contributed by atoms with E-state index in [4.69, 9.17) is 0 Å². The van der Waals surface area contributed by atoms with Crippen molar-refractivity contribution in [1.29, 1.82) is 0 Å². The fourth-order valence-electron chi connectivity index (χ4n) is 2.63. The number of hydrogen-bond acceptors (Lipinski definition) is 3. The molecular weight excluding hydrogens is 277 g/mol. The summed E-state index contributed by atoms with van der Waals surface area (Å²) in [7, 11) is 1.78. The number of fused-ring (bicyclic) bond motifs is 1. The third-order valence-electron chi connectivity index (χ3n) is 3.78. The highest BCUT2D eigenvalue weighted by atomic mass is 32.1. The van der Waals surface area contributed by atoms with Crippen molar-refractivity contribution < 1.29 is 14.3 Å². The molecule has 3 rings (SSSR count). The summed E-state index contributed by atoms with van der Waals surface area (Å²) in [6, 6.07) is 6.31. The molecule has 2 aromatic rings. The quantitative estimate of drug-likeness (QED) is 0.945. The minimum atomic E-state index is -0.286. The van der Waals surface area contributed by atoms with Gasteiger partial charge >= 0.3 is 0 Å². The number of thiophene rings is 1. The van der Waals surface area contributed by atoms with E-state index in [1.54, 1.807) is 24.1 Å². The third-order valence-corrected chi connectivity index (χ3v) is 4.88. The summed E-state index contributed by atoms with van der Waals surface area (Å²) in [5.74, 6) is 0.0740. The van der Waals surface area contributed by atoms with Gasteiger partial charge in [-0.15, -0.1) is 11.3 Å². The molecule has 0 saturated heterocycles. The highest BCUT2D eigenvalue weighted by Crippen LogP contribution is 2.30. The maximum absolute atomic E-state index is 13.2. The number of halogens is 1. The van der Waals surface area contributed by atoms with E-state index >= 15 is 0 Å². The second-order valence-electron chi connectivity index (χ2n) is 5.47. The van der Waals surface area contributed by atoms with Gasteiger partial charge in [-0.3, -0.25) is 4.79 Å². The number of carbonyl (C=O) groups excluding carboxylic acids is 1. The van der Waals surface area contributed by atoms with Gasteiger partial charge in [0.25, 0.3) is 5.91 Å². The van der Waals surface area contributed by atoms with Gasteiger partial charge in [0.1, 0.15) is 5.82 Å². The number of carbonyl (C=O) groups is 1. The zero-order valence-corrected chi connectivity index (χ0v) is 12.0. The lowest BCUT2D eigenvalue weighted by atomic mass is 9.82. The van der Waals surface area contributed by atoms with Gasteiger partial charge in [0.15, 0.2) is 0 Å². The summed E-state index contributed by atoms with van der Waals surface area (Å²) in [5, 5.41) is 10.0. The van der Waals surface area contributed by atoms with Crippen LogP contribution in [-0.2, 0) is 0 Å². The minimum absolute atomic E-state index is 0.0343. The molecule has 0 bridgehead atoms. The number of rotatable bonds is 3. The van der Waals surface area contributed by atoms with Crippen LogP contribution in [0.4, 0.5) is 4.39 Å². The Morgan fingerprint density at radius 3 is 2.90 bits per heavy atom. The summed E-state index contributed by atoms with van der Waals surface area (Å²) >= 11 is 1.39. The maximum atomic E-state index is 13.2. The molecule has 106 valence electrons. The molecule has 3 nitrogen and oxygen atoms in total. The van der Waals surface area contributed by atoms with E-state index in [2.05, 4.69) is 0 Å². The van der Waals surface area contributed by atoms with Gasteiger partial charge in [-0.05, 0) is 48.4 Å². The molecule has 1 N–H and O–H groups in total. The van der Waals surface area contributed by atoms with Crippen LogP contribution < -0.4 is 0 Å². The summed E-state index contributed by atoms with van der Waals surface area (Å²) in [5.41, 5.74) is 0. The van der Waals surface area contributed by atoms with Crippen LogP contribution in [0.15, 0.2) is 24.3 Å². The van der Waals surface area contributed by atoms with Crippen LogP contribution in [0.5, 0.6) is 0 Å². The van der Waals surface area contributed by atoms with Crippen molar-refractivity contribution in [3.8, 4) is 0 Å². The first-order chi connectivity index (χ1) is 9.52. The molecule has 1 aromatic heterocycles. The number of amides is 1. The van der Waals surface area contributed by atoms with Crippen molar-refractivity contribution in [3.05, 3.63) is 35.0 Å². The van der Waals surface area contributed by atoms with Crippen molar-refractivity contribution in [2.45, 2.75) is 18.9 Å². The first-order valence-electron chi connectivity index (χ1n) is 6.65. The van der Waals surface area contributed by atoms with Crippen molar-refractivity contribution >= 4 is 27.3 Å². The third kappa shape index (κ3) is 2.55. The number of aliphatic hydroxyl groups is 1. The first kappa shape index (κ1) is 13.5. The zero-order chi connectivity index (χ0) is 14.3. The van der Waals surface area contributed by atoms with E-state index in [1.165, 1.54) is 23.5 Å².